The Bertz CT molecular complexity index is 420. The molecular formula is C17H28OSeSi. The number of rotatable bonds is 7. The molecule has 3 heteroatoms. The molecule has 0 fully saturated rings. The molecule has 1 nitrogen and oxygen atoms in total. The molecule has 0 aromatic heterocycles. The van der Waals surface area contributed by atoms with Crippen molar-refractivity contribution in [1.29, 1.82) is 0 Å². The summed E-state index contributed by atoms with van der Waals surface area (Å²) in [5.41, 5.74) is 0. The predicted octanol–water partition coefficient (Wildman–Crippen LogP) is 4.33. The predicted molar refractivity (Wildman–Crippen MR) is 93.4 cm³/mol. The third-order valence-corrected chi connectivity index (χ3v) is 10.5. The van der Waals surface area contributed by atoms with E-state index in [9.17, 15) is 0 Å². The second-order valence-electron chi connectivity index (χ2n) is 6.67. The van der Waals surface area contributed by atoms with Gasteiger partial charge in [-0.2, -0.15) is 0 Å². The number of hydrogen-bond acceptors (Lipinski definition) is 1. The molecule has 20 heavy (non-hydrogen) atoms. The first-order valence-corrected chi connectivity index (χ1v) is 11.9. The molecule has 0 saturated carbocycles. The maximum absolute atomic E-state index is 6.20. The average molecular weight is 355 g/mol. The average Bonchev–Trinajstić information content (AvgIpc) is 2.34. The Labute approximate surface area is 132 Å². The van der Waals surface area contributed by atoms with Gasteiger partial charge >= 0.3 is 132 Å². The normalized spacial score (nSPS) is 12.4. The van der Waals surface area contributed by atoms with E-state index in [4.69, 9.17) is 4.43 Å². The molecule has 0 aliphatic heterocycles. The summed E-state index contributed by atoms with van der Waals surface area (Å²) in [5.74, 6) is 0. The van der Waals surface area contributed by atoms with Crippen LogP contribution in [-0.4, -0.2) is 29.9 Å². The summed E-state index contributed by atoms with van der Waals surface area (Å²) in [6.07, 6.45) is 2.18. The topological polar surface area (TPSA) is 9.23 Å². The van der Waals surface area contributed by atoms with Crippen LogP contribution >= 0.6 is 0 Å². The van der Waals surface area contributed by atoms with Gasteiger partial charge in [-0.15, -0.1) is 0 Å². The van der Waals surface area contributed by atoms with Crippen LogP contribution < -0.4 is 4.46 Å². The molecule has 0 spiro atoms. The Balaban J connectivity index is 2.26. The van der Waals surface area contributed by atoms with E-state index in [1.165, 1.54) is 8.93 Å². The van der Waals surface area contributed by atoms with Gasteiger partial charge in [0.1, 0.15) is 0 Å². The van der Waals surface area contributed by atoms with Gasteiger partial charge in [-0.25, -0.2) is 0 Å². The van der Waals surface area contributed by atoms with Gasteiger partial charge in [0.05, 0.1) is 0 Å². The minimum absolute atomic E-state index is 0.304. The maximum atomic E-state index is 6.20. The fourth-order valence-electron chi connectivity index (χ4n) is 1.52. The summed E-state index contributed by atoms with van der Waals surface area (Å²) < 4.78 is 8.98. The number of hydrogen-bond donors (Lipinski definition) is 0. The van der Waals surface area contributed by atoms with E-state index in [-0.39, 0.29) is 0 Å². The Morgan fingerprint density at radius 1 is 1.20 bits per heavy atom. The number of allylic oxidation sites excluding steroid dienone is 1. The van der Waals surface area contributed by atoms with E-state index in [1.807, 2.05) is 0 Å². The van der Waals surface area contributed by atoms with Crippen LogP contribution in [0, 0.1) is 0 Å². The Morgan fingerprint density at radius 3 is 2.35 bits per heavy atom. The monoisotopic (exact) mass is 356 g/mol. The van der Waals surface area contributed by atoms with Crippen molar-refractivity contribution >= 4 is 27.7 Å². The molecular weight excluding hydrogens is 327 g/mol. The second kappa shape index (κ2) is 7.60. The van der Waals surface area contributed by atoms with E-state index in [0.717, 1.165) is 19.4 Å². The van der Waals surface area contributed by atoms with Crippen molar-refractivity contribution in [2.24, 2.45) is 0 Å². The van der Waals surface area contributed by atoms with Crippen molar-refractivity contribution < 1.29 is 4.43 Å². The molecule has 0 N–H and O–H groups in total. The van der Waals surface area contributed by atoms with Crippen LogP contribution in [0.4, 0.5) is 0 Å². The van der Waals surface area contributed by atoms with Crippen LogP contribution in [0.3, 0.4) is 0 Å². The molecule has 0 radical (unpaired) electrons. The molecule has 0 heterocycles. The Kier molecular flexibility index (Phi) is 6.73. The fourth-order valence-corrected chi connectivity index (χ4v) is 4.44. The third kappa shape index (κ3) is 5.97. The molecule has 0 unspecified atom stereocenters. The SMILES string of the molecule is C=C(CCCO[Si](C)(C)C(C)(C)C)[Se]c1ccccc1. The first-order valence-electron chi connectivity index (χ1n) is 7.27. The molecule has 1 rings (SSSR count). The summed E-state index contributed by atoms with van der Waals surface area (Å²) in [6, 6.07) is 10.7. The Hall–Kier alpha value is -0.344. The summed E-state index contributed by atoms with van der Waals surface area (Å²) in [6.45, 7) is 16.6. The van der Waals surface area contributed by atoms with Gasteiger partial charge in [0.15, 0.2) is 0 Å². The molecule has 0 amide bonds. The van der Waals surface area contributed by atoms with E-state index >= 15 is 0 Å². The summed E-state index contributed by atoms with van der Waals surface area (Å²) in [4.78, 5) is 0. The van der Waals surface area contributed by atoms with Gasteiger partial charge < -0.3 is 0 Å². The first-order chi connectivity index (χ1) is 9.22. The van der Waals surface area contributed by atoms with E-state index in [2.05, 4.69) is 70.8 Å². The van der Waals surface area contributed by atoms with Crippen LogP contribution in [-0.2, 0) is 4.43 Å². The van der Waals surface area contributed by atoms with Gasteiger partial charge in [-0.05, 0) is 0 Å². The van der Waals surface area contributed by atoms with Crippen LogP contribution in [0.25, 0.3) is 0 Å². The van der Waals surface area contributed by atoms with Gasteiger partial charge in [-0.1, -0.05) is 0 Å². The van der Waals surface area contributed by atoms with E-state index in [0.29, 0.717) is 20.0 Å². The standard InChI is InChI=1S/C17H28OSeSi/c1-15(19-16-12-8-7-9-13-16)11-10-14-18-20(5,6)17(2,3)4/h7-9,12-13H,1,10-11,14H2,2-6H3. The zero-order valence-electron chi connectivity index (χ0n) is 13.5. The van der Waals surface area contributed by atoms with Crippen molar-refractivity contribution in [3.8, 4) is 0 Å². The molecule has 0 aliphatic rings. The third-order valence-electron chi connectivity index (χ3n) is 3.87. The Morgan fingerprint density at radius 2 is 1.80 bits per heavy atom. The zero-order valence-corrected chi connectivity index (χ0v) is 16.2. The van der Waals surface area contributed by atoms with Gasteiger partial charge in [0.25, 0.3) is 0 Å². The molecule has 0 saturated heterocycles. The fraction of sp³-hybridized carbons (Fsp3) is 0.529. The van der Waals surface area contributed by atoms with Crippen LogP contribution in [0.1, 0.15) is 33.6 Å². The van der Waals surface area contributed by atoms with E-state index in [1.54, 1.807) is 0 Å². The van der Waals surface area contributed by atoms with Crippen molar-refractivity contribution in [1.82, 2.24) is 0 Å². The number of benzene rings is 1. The van der Waals surface area contributed by atoms with Crippen molar-refractivity contribution in [3.05, 3.63) is 41.4 Å². The molecule has 1 aromatic carbocycles. The van der Waals surface area contributed by atoms with Gasteiger partial charge in [0, 0.05) is 0 Å². The van der Waals surface area contributed by atoms with Crippen molar-refractivity contribution in [3.63, 3.8) is 0 Å². The van der Waals surface area contributed by atoms with Crippen molar-refractivity contribution in [2.45, 2.75) is 51.7 Å². The quantitative estimate of drug-likeness (QED) is 0.522. The van der Waals surface area contributed by atoms with E-state index < -0.39 is 8.32 Å². The van der Waals surface area contributed by atoms with Crippen LogP contribution in [0.15, 0.2) is 41.4 Å². The second-order valence-corrected chi connectivity index (χ2v) is 14.1. The molecule has 0 aliphatic carbocycles. The molecule has 1 aromatic rings. The summed E-state index contributed by atoms with van der Waals surface area (Å²) in [7, 11) is -1.58. The van der Waals surface area contributed by atoms with Crippen molar-refractivity contribution in [2.75, 3.05) is 6.61 Å². The molecule has 0 atom stereocenters. The first kappa shape index (κ1) is 17.7. The van der Waals surface area contributed by atoms with Gasteiger partial charge in [0.2, 0.25) is 0 Å². The minimum atomic E-state index is -1.58. The van der Waals surface area contributed by atoms with Crippen LogP contribution in [0.5, 0.6) is 0 Å². The molecule has 112 valence electrons. The zero-order chi connectivity index (χ0) is 15.2. The summed E-state index contributed by atoms with van der Waals surface area (Å²) >= 11 is 0.401. The molecule has 0 bridgehead atoms. The summed E-state index contributed by atoms with van der Waals surface area (Å²) in [5, 5.41) is 0.304. The van der Waals surface area contributed by atoms with Gasteiger partial charge in [-0.3, -0.25) is 0 Å². The van der Waals surface area contributed by atoms with Crippen LogP contribution in [0.2, 0.25) is 18.1 Å².